The van der Waals surface area contributed by atoms with Crippen LogP contribution in [0.3, 0.4) is 0 Å². The Hall–Kier alpha value is -6.52. The number of fused-ring (bicyclic) bond motifs is 2. The number of nitro groups is 1. The molecule has 7 aromatic rings. The molecule has 5 aromatic carbocycles. The monoisotopic (exact) mass is 979 g/mol. The van der Waals surface area contributed by atoms with Gasteiger partial charge in [-0.15, -0.1) is 11.8 Å². The largest absolute Gasteiger partial charge is 0.493 e. The van der Waals surface area contributed by atoms with Gasteiger partial charge in [-0.25, -0.2) is 9.31 Å². The fourth-order valence-corrected chi connectivity index (χ4v) is 11.6. The molecule has 1 aliphatic rings. The van der Waals surface area contributed by atoms with Gasteiger partial charge in [0, 0.05) is 88.5 Å². The SMILES string of the molecule is C/C=S(/NC(=O)c1cc(C)c(-c2cccc3c(CCCOc4cccc5ccccc45)c(C(=O)O)nn23)c(C)c1)c1ccc(N[C@H](CCN2CCN(C(C)C)CC2)CSc2ccccc2)c([N+](=O)[O-])c1. The highest BCUT2D eigenvalue weighted by Gasteiger charge is 2.25. The van der Waals surface area contributed by atoms with Crippen LogP contribution < -0.4 is 14.8 Å². The Bertz CT molecular complexity index is 3010. The molecule has 364 valence electrons. The van der Waals surface area contributed by atoms with Crippen LogP contribution in [-0.4, -0.2) is 104 Å². The first-order chi connectivity index (χ1) is 33.9. The molecule has 0 radical (unpaired) electrons. The maximum Gasteiger partial charge on any atom is 0.356 e. The van der Waals surface area contributed by atoms with E-state index in [2.05, 4.69) is 50.9 Å². The molecule has 15 heteroatoms. The number of aromatic carboxylic acids is 1. The number of piperazine rings is 1. The van der Waals surface area contributed by atoms with E-state index in [1.165, 1.54) is 0 Å². The van der Waals surface area contributed by atoms with E-state index in [-0.39, 0.29) is 28.3 Å². The molecule has 3 N–H and O–H groups in total. The number of anilines is 1. The second-order valence-corrected chi connectivity index (χ2v) is 20.8. The predicted molar refractivity (Wildman–Crippen MR) is 285 cm³/mol. The lowest BCUT2D eigenvalue weighted by Gasteiger charge is -2.37. The predicted octanol–water partition coefficient (Wildman–Crippen LogP) is 11.2. The highest BCUT2D eigenvalue weighted by Crippen LogP contribution is 2.36. The first-order valence-electron chi connectivity index (χ1n) is 23.9. The van der Waals surface area contributed by atoms with E-state index in [0.717, 1.165) is 83.0 Å². The van der Waals surface area contributed by atoms with Crippen molar-refractivity contribution in [2.24, 2.45) is 0 Å². The summed E-state index contributed by atoms with van der Waals surface area (Å²) in [5, 5.41) is 35.1. The third-order valence-electron chi connectivity index (χ3n) is 12.9. The van der Waals surface area contributed by atoms with Crippen LogP contribution >= 0.6 is 22.4 Å². The summed E-state index contributed by atoms with van der Waals surface area (Å²) < 4.78 is 11.0. The van der Waals surface area contributed by atoms with E-state index < -0.39 is 16.6 Å². The molecule has 2 aromatic heterocycles. The highest BCUT2D eigenvalue weighted by molar-refractivity contribution is 8.13. The number of nitrogens with zero attached hydrogens (tertiary/aromatic N) is 5. The first-order valence-corrected chi connectivity index (χ1v) is 26.1. The van der Waals surface area contributed by atoms with Crippen LogP contribution in [0, 0.1) is 24.0 Å². The molecule has 1 saturated heterocycles. The maximum absolute atomic E-state index is 14.1. The van der Waals surface area contributed by atoms with E-state index in [9.17, 15) is 24.8 Å². The van der Waals surface area contributed by atoms with Crippen molar-refractivity contribution < 1.29 is 24.4 Å². The number of hydrogen-bond donors (Lipinski definition) is 3. The average Bonchev–Trinajstić information content (AvgIpc) is 3.75. The van der Waals surface area contributed by atoms with Gasteiger partial charge in [0.1, 0.15) is 11.4 Å². The molecule has 0 spiro atoms. The summed E-state index contributed by atoms with van der Waals surface area (Å²) >= 11 is 1.74. The third-order valence-corrected chi connectivity index (χ3v) is 15.7. The van der Waals surface area contributed by atoms with Crippen molar-refractivity contribution in [1.29, 1.82) is 0 Å². The number of carboxylic acids is 1. The zero-order valence-corrected chi connectivity index (χ0v) is 42.0. The van der Waals surface area contributed by atoms with Gasteiger partial charge in [-0.3, -0.25) is 24.5 Å². The van der Waals surface area contributed by atoms with Crippen LogP contribution in [0.15, 0.2) is 131 Å². The third kappa shape index (κ3) is 11.7. The number of hydrogen-bond acceptors (Lipinski definition) is 10. The summed E-state index contributed by atoms with van der Waals surface area (Å²) in [4.78, 5) is 45.7. The molecular weight excluding hydrogens is 919 g/mol. The van der Waals surface area contributed by atoms with Crippen molar-refractivity contribution in [2.45, 2.75) is 75.8 Å². The van der Waals surface area contributed by atoms with Crippen LogP contribution in [0.25, 0.3) is 27.5 Å². The number of nitro benzene ring substituents is 1. The molecule has 0 aliphatic carbocycles. The number of carboxylic acid groups (broad SMARTS) is 1. The van der Waals surface area contributed by atoms with Crippen molar-refractivity contribution in [1.82, 2.24) is 24.1 Å². The van der Waals surface area contributed by atoms with Crippen LogP contribution in [-0.2, 0) is 6.42 Å². The topological polar surface area (TPSA) is 155 Å². The lowest BCUT2D eigenvalue weighted by Crippen LogP contribution is -2.49. The standard InChI is InChI=1S/C55H61N7O6S2/c1-6-70(44-24-25-47(50(35-44)62(66)67)56-42(36-69-43-17-8-7-9-18-43)26-27-59-28-30-60(31-29-59)37(2)3)58-54(63)41-33-38(4)52(39(5)34-41)49-22-13-21-48-46(53(55(64)65)57-61(48)49)20-14-32-68-51-23-12-16-40-15-10-11-19-45(40)51/h6-13,15-19,21-25,33-35,37,42,56H,14,20,26-32,36H2,1-5H3,(H,58,63)(H,64,65)/t42-,70?/m1/s1. The van der Waals surface area contributed by atoms with Crippen molar-refractivity contribution >= 4 is 67.3 Å². The average molecular weight is 980 g/mol. The van der Waals surface area contributed by atoms with Gasteiger partial charge in [-0.1, -0.05) is 71.3 Å². The summed E-state index contributed by atoms with van der Waals surface area (Å²) in [6, 6.07) is 39.2. The molecule has 1 aliphatic heterocycles. The summed E-state index contributed by atoms with van der Waals surface area (Å²) in [6.45, 7) is 15.5. The van der Waals surface area contributed by atoms with E-state index in [1.54, 1.807) is 28.4 Å². The van der Waals surface area contributed by atoms with E-state index in [4.69, 9.17) is 4.74 Å². The number of aryl methyl sites for hydroxylation is 3. The van der Waals surface area contributed by atoms with Crippen molar-refractivity contribution in [2.75, 3.05) is 50.4 Å². The van der Waals surface area contributed by atoms with Gasteiger partial charge in [0.2, 0.25) is 0 Å². The Kier molecular flexibility index (Phi) is 16.3. The minimum Gasteiger partial charge on any atom is -0.493 e. The molecule has 1 amide bonds. The maximum atomic E-state index is 14.1. The van der Waals surface area contributed by atoms with Crippen LogP contribution in [0.5, 0.6) is 5.75 Å². The van der Waals surface area contributed by atoms with Crippen molar-refractivity contribution in [3.63, 3.8) is 0 Å². The molecular formula is C55H61N7O6S2. The van der Waals surface area contributed by atoms with E-state index in [1.807, 2.05) is 123 Å². The Balaban J connectivity index is 0.968. The van der Waals surface area contributed by atoms with Crippen molar-refractivity contribution in [3.05, 3.63) is 159 Å². The van der Waals surface area contributed by atoms with E-state index >= 15 is 0 Å². The zero-order chi connectivity index (χ0) is 49.3. The highest BCUT2D eigenvalue weighted by atomic mass is 32.2. The van der Waals surface area contributed by atoms with Gasteiger partial charge in [0.05, 0.1) is 22.7 Å². The Morgan fingerprint density at radius 2 is 1.63 bits per heavy atom. The number of aromatic nitrogens is 2. The molecule has 70 heavy (non-hydrogen) atoms. The van der Waals surface area contributed by atoms with Gasteiger partial charge < -0.3 is 20.1 Å². The van der Waals surface area contributed by atoms with E-state index in [0.29, 0.717) is 58.4 Å². The zero-order valence-electron chi connectivity index (χ0n) is 40.4. The number of rotatable bonds is 20. The Morgan fingerprint density at radius 3 is 2.34 bits per heavy atom. The number of carbonyl (C=O) groups is 2. The second-order valence-electron chi connectivity index (χ2n) is 17.9. The van der Waals surface area contributed by atoms with Gasteiger partial charge in [-0.2, -0.15) is 5.10 Å². The number of pyridine rings is 1. The molecule has 2 atom stereocenters. The van der Waals surface area contributed by atoms with Gasteiger partial charge in [0.25, 0.3) is 11.6 Å². The summed E-state index contributed by atoms with van der Waals surface area (Å²) in [6.07, 6.45) is 1.85. The normalized spacial score (nSPS) is 14.3. The summed E-state index contributed by atoms with van der Waals surface area (Å²) in [5.41, 5.74) is 5.29. The second kappa shape index (κ2) is 22.9. The van der Waals surface area contributed by atoms with Gasteiger partial charge in [0.15, 0.2) is 5.69 Å². The number of carbonyl (C=O) groups excluding carboxylic acids is 1. The molecule has 8 rings (SSSR count). The number of amides is 1. The lowest BCUT2D eigenvalue weighted by molar-refractivity contribution is -0.384. The van der Waals surface area contributed by atoms with Crippen LogP contribution in [0.2, 0.25) is 0 Å². The minimum absolute atomic E-state index is 0.0102. The quantitative estimate of drug-likeness (QED) is 0.0220. The molecule has 1 unspecified atom stereocenters. The Morgan fingerprint density at radius 1 is 0.914 bits per heavy atom. The Labute approximate surface area is 416 Å². The number of benzene rings is 5. The van der Waals surface area contributed by atoms with Crippen LogP contribution in [0.4, 0.5) is 11.4 Å². The number of nitrogens with one attached hydrogen (secondary N) is 2. The molecule has 1 fully saturated rings. The summed E-state index contributed by atoms with van der Waals surface area (Å²) in [7, 11) is -0.964. The lowest BCUT2D eigenvalue weighted by atomic mass is 9.96. The van der Waals surface area contributed by atoms with Crippen molar-refractivity contribution in [3.8, 4) is 17.0 Å². The smallest absolute Gasteiger partial charge is 0.356 e. The minimum atomic E-state index is -1.11. The molecule has 0 saturated carbocycles. The number of thioether (sulfide) groups is 1. The molecule has 0 bridgehead atoms. The van der Waals surface area contributed by atoms with Crippen LogP contribution in [0.1, 0.15) is 71.1 Å². The molecule has 13 nitrogen and oxygen atoms in total. The fourth-order valence-electron chi connectivity index (χ4n) is 9.28. The molecule has 3 heterocycles. The van der Waals surface area contributed by atoms with Gasteiger partial charge in [-0.05, 0) is 130 Å². The van der Waals surface area contributed by atoms with Gasteiger partial charge >= 0.3 is 5.97 Å². The number of ether oxygens (including phenoxy) is 1. The fraction of sp³-hybridized carbons (Fsp3) is 0.309. The summed E-state index contributed by atoms with van der Waals surface area (Å²) in [5.74, 6) is 0.0888. The first kappa shape index (κ1) is 49.9.